The third-order valence-electron chi connectivity index (χ3n) is 2.61. The van der Waals surface area contributed by atoms with Crippen LogP contribution in [0.15, 0.2) is 36.5 Å². The minimum absolute atomic E-state index is 0.140. The Morgan fingerprint density at radius 2 is 2.16 bits per heavy atom. The predicted octanol–water partition coefficient (Wildman–Crippen LogP) is 3.58. The Morgan fingerprint density at radius 3 is 2.79 bits per heavy atom. The molecule has 5 heteroatoms. The molecular weight excluding hydrogens is 375 g/mol. The monoisotopic (exact) mass is 386 g/mol. The fourth-order valence-corrected chi connectivity index (χ4v) is 2.04. The minimum atomic E-state index is -0.140. The molecule has 0 unspecified atom stereocenters. The van der Waals surface area contributed by atoms with Gasteiger partial charge >= 0.3 is 0 Å². The number of aromatic nitrogens is 1. The number of amides is 1. The van der Waals surface area contributed by atoms with Gasteiger partial charge in [-0.25, -0.2) is 0 Å². The van der Waals surface area contributed by atoms with Crippen molar-refractivity contribution in [1.29, 1.82) is 0 Å². The van der Waals surface area contributed by atoms with Crippen molar-refractivity contribution >= 4 is 40.1 Å². The summed E-state index contributed by atoms with van der Waals surface area (Å²) < 4.78 is 0.929. The molecule has 0 aliphatic heterocycles. The van der Waals surface area contributed by atoms with E-state index in [4.69, 9.17) is 11.6 Å². The van der Waals surface area contributed by atoms with Crippen LogP contribution in [0.3, 0.4) is 0 Å². The number of nitrogens with one attached hydrogen (secondary N) is 1. The van der Waals surface area contributed by atoms with Gasteiger partial charge in [0.1, 0.15) is 0 Å². The lowest BCUT2D eigenvalue weighted by Gasteiger charge is -2.06. The number of carbonyl (C=O) groups is 1. The summed E-state index contributed by atoms with van der Waals surface area (Å²) in [7, 11) is 0. The molecule has 0 saturated carbocycles. The van der Waals surface area contributed by atoms with E-state index in [1.165, 1.54) is 0 Å². The molecule has 1 aromatic carbocycles. The van der Waals surface area contributed by atoms with Crippen molar-refractivity contribution in [3.05, 3.63) is 61.9 Å². The lowest BCUT2D eigenvalue weighted by molar-refractivity contribution is 0.0951. The van der Waals surface area contributed by atoms with E-state index in [-0.39, 0.29) is 5.91 Å². The molecule has 0 bridgehead atoms. The van der Waals surface area contributed by atoms with Crippen molar-refractivity contribution < 1.29 is 4.79 Å². The van der Waals surface area contributed by atoms with Crippen LogP contribution >= 0.6 is 34.2 Å². The molecule has 0 spiro atoms. The highest BCUT2D eigenvalue weighted by molar-refractivity contribution is 14.1. The van der Waals surface area contributed by atoms with Crippen LogP contribution in [0.4, 0.5) is 0 Å². The number of nitrogens with zero attached hydrogens (tertiary/aromatic N) is 1. The lowest BCUT2D eigenvalue weighted by atomic mass is 10.2. The third kappa shape index (κ3) is 3.91. The maximum absolute atomic E-state index is 12.0. The Hall–Kier alpha value is -1.14. The summed E-state index contributed by atoms with van der Waals surface area (Å²) in [6.45, 7) is 2.38. The van der Waals surface area contributed by atoms with Gasteiger partial charge in [-0.3, -0.25) is 9.78 Å². The second-order valence-corrected chi connectivity index (χ2v) is 5.69. The highest BCUT2D eigenvalue weighted by atomic mass is 127. The van der Waals surface area contributed by atoms with E-state index in [1.807, 2.05) is 25.1 Å². The molecular formula is C14H12ClIN2O. The first kappa shape index (κ1) is 14.3. The Bertz CT molecular complexity index is 599. The minimum Gasteiger partial charge on any atom is -0.348 e. The van der Waals surface area contributed by atoms with Gasteiger partial charge in [-0.1, -0.05) is 17.7 Å². The summed E-state index contributed by atoms with van der Waals surface area (Å²) in [5.41, 5.74) is 2.49. The van der Waals surface area contributed by atoms with Gasteiger partial charge in [0.05, 0.1) is 5.02 Å². The Kier molecular flexibility index (Phi) is 4.76. The first-order valence-electron chi connectivity index (χ1n) is 5.71. The number of rotatable bonds is 3. The van der Waals surface area contributed by atoms with Crippen molar-refractivity contribution in [3.63, 3.8) is 0 Å². The summed E-state index contributed by atoms with van der Waals surface area (Å²) in [4.78, 5) is 16.1. The number of hydrogen-bond acceptors (Lipinski definition) is 2. The van der Waals surface area contributed by atoms with Crippen molar-refractivity contribution in [2.75, 3.05) is 0 Å². The number of carbonyl (C=O) groups excluding carboxylic acids is 1. The molecule has 19 heavy (non-hydrogen) atoms. The van der Waals surface area contributed by atoms with E-state index in [1.54, 1.807) is 18.3 Å². The summed E-state index contributed by atoms with van der Waals surface area (Å²) in [6.07, 6.45) is 1.76. The Labute approximate surface area is 130 Å². The van der Waals surface area contributed by atoms with Gasteiger partial charge in [0.25, 0.3) is 5.91 Å². The predicted molar refractivity (Wildman–Crippen MR) is 84.3 cm³/mol. The molecule has 2 rings (SSSR count). The number of pyridine rings is 1. The molecule has 1 N–H and O–H groups in total. The van der Waals surface area contributed by atoms with Crippen LogP contribution in [0.5, 0.6) is 0 Å². The average Bonchev–Trinajstić information content (AvgIpc) is 2.41. The van der Waals surface area contributed by atoms with Crippen molar-refractivity contribution in [2.24, 2.45) is 0 Å². The summed E-state index contributed by atoms with van der Waals surface area (Å²) in [5, 5.41) is 3.43. The largest absolute Gasteiger partial charge is 0.348 e. The quantitative estimate of drug-likeness (QED) is 0.819. The maximum atomic E-state index is 12.0. The fraction of sp³-hybridized carbons (Fsp3) is 0.143. The van der Waals surface area contributed by atoms with Crippen LogP contribution < -0.4 is 5.32 Å². The zero-order chi connectivity index (χ0) is 13.8. The van der Waals surface area contributed by atoms with Crippen LogP contribution in [0, 0.1) is 10.5 Å². The van der Waals surface area contributed by atoms with Crippen LogP contribution in [0.1, 0.15) is 21.6 Å². The first-order valence-corrected chi connectivity index (χ1v) is 7.17. The van der Waals surface area contributed by atoms with Gasteiger partial charge in [0.2, 0.25) is 0 Å². The average molecular weight is 387 g/mol. The molecule has 1 aromatic heterocycles. The van der Waals surface area contributed by atoms with Crippen LogP contribution in [-0.4, -0.2) is 10.9 Å². The van der Waals surface area contributed by atoms with Gasteiger partial charge in [-0.2, -0.15) is 0 Å². The smallest absolute Gasteiger partial charge is 0.251 e. The SMILES string of the molecule is Cc1ccc(CNC(=O)c2ccc(I)c(Cl)c2)cn1. The van der Waals surface area contributed by atoms with Crippen molar-refractivity contribution in [1.82, 2.24) is 10.3 Å². The first-order chi connectivity index (χ1) is 9.06. The molecule has 0 atom stereocenters. The summed E-state index contributed by atoms with van der Waals surface area (Å²) in [6, 6.07) is 9.13. The maximum Gasteiger partial charge on any atom is 0.251 e. The number of halogens is 2. The number of benzene rings is 1. The highest BCUT2D eigenvalue weighted by Crippen LogP contribution is 2.19. The Balaban J connectivity index is 2.01. The van der Waals surface area contributed by atoms with Crippen molar-refractivity contribution in [2.45, 2.75) is 13.5 Å². The molecule has 0 aliphatic rings. The second kappa shape index (κ2) is 6.34. The zero-order valence-corrected chi connectivity index (χ0v) is 13.2. The van der Waals surface area contributed by atoms with E-state index in [2.05, 4.69) is 32.9 Å². The lowest BCUT2D eigenvalue weighted by Crippen LogP contribution is -2.22. The van der Waals surface area contributed by atoms with Gasteiger partial charge in [0, 0.05) is 27.6 Å². The molecule has 1 heterocycles. The van der Waals surface area contributed by atoms with Gasteiger partial charge < -0.3 is 5.32 Å². The molecule has 1 amide bonds. The van der Waals surface area contributed by atoms with E-state index >= 15 is 0 Å². The summed E-state index contributed by atoms with van der Waals surface area (Å²) >= 11 is 8.12. The molecule has 0 fully saturated rings. The third-order valence-corrected chi connectivity index (χ3v) is 4.18. The highest BCUT2D eigenvalue weighted by Gasteiger charge is 2.07. The fourth-order valence-electron chi connectivity index (χ4n) is 1.52. The van der Waals surface area contributed by atoms with Gasteiger partial charge in [-0.15, -0.1) is 0 Å². The Morgan fingerprint density at radius 1 is 1.37 bits per heavy atom. The van der Waals surface area contributed by atoms with E-state index in [0.717, 1.165) is 14.8 Å². The van der Waals surface area contributed by atoms with Crippen molar-refractivity contribution in [3.8, 4) is 0 Å². The molecule has 0 radical (unpaired) electrons. The second-order valence-electron chi connectivity index (χ2n) is 4.12. The van der Waals surface area contributed by atoms with E-state index < -0.39 is 0 Å². The molecule has 2 aromatic rings. The van der Waals surface area contributed by atoms with Gasteiger partial charge in [-0.05, 0) is 59.3 Å². The van der Waals surface area contributed by atoms with E-state index in [0.29, 0.717) is 17.1 Å². The van der Waals surface area contributed by atoms with Crippen LogP contribution in [-0.2, 0) is 6.54 Å². The molecule has 98 valence electrons. The molecule has 3 nitrogen and oxygen atoms in total. The van der Waals surface area contributed by atoms with E-state index in [9.17, 15) is 4.79 Å². The van der Waals surface area contributed by atoms with Gasteiger partial charge in [0.15, 0.2) is 0 Å². The topological polar surface area (TPSA) is 42.0 Å². The molecule has 0 aliphatic carbocycles. The van der Waals surface area contributed by atoms with Crippen LogP contribution in [0.2, 0.25) is 5.02 Å². The standard InChI is InChI=1S/C14H12ClIN2O/c1-9-2-3-10(7-17-9)8-18-14(19)11-4-5-13(16)12(15)6-11/h2-7H,8H2,1H3,(H,18,19). The molecule has 0 saturated heterocycles. The number of aryl methyl sites for hydroxylation is 1. The van der Waals surface area contributed by atoms with Crippen LogP contribution in [0.25, 0.3) is 0 Å². The number of hydrogen-bond donors (Lipinski definition) is 1. The summed E-state index contributed by atoms with van der Waals surface area (Å²) in [5.74, 6) is -0.140. The zero-order valence-electron chi connectivity index (χ0n) is 10.3. The normalized spacial score (nSPS) is 10.3.